The highest BCUT2D eigenvalue weighted by molar-refractivity contribution is 7.26. The average Bonchev–Trinajstić information content (AvgIpc) is 3.78. The number of thiophene rings is 1. The lowest BCUT2D eigenvalue weighted by Crippen LogP contribution is -2.00. The SMILES string of the molecule is c1ccc(-c2nc(-c3ccccc3)nc(-c3cc(-c4ccc5c6c(cccc46)-c4ccccc4-5)cc(-c4ccnc5c4sc4ccccc45)c3)n2)cc1. The minimum absolute atomic E-state index is 0.626. The molecule has 4 nitrogen and oxygen atoms in total. The second-order valence-corrected chi connectivity index (χ2v) is 14.5. The first kappa shape index (κ1) is 29.9. The van der Waals surface area contributed by atoms with Gasteiger partial charge in [-0.25, -0.2) is 15.0 Å². The highest BCUT2D eigenvalue weighted by atomic mass is 32.1. The lowest BCUT2D eigenvalue weighted by molar-refractivity contribution is 1.07. The molecule has 11 rings (SSSR count). The van der Waals surface area contributed by atoms with Crippen molar-refractivity contribution in [2.45, 2.75) is 0 Å². The van der Waals surface area contributed by atoms with Crippen molar-refractivity contribution in [3.05, 3.63) is 170 Å². The van der Waals surface area contributed by atoms with Crippen molar-refractivity contribution in [3.8, 4) is 78.7 Å². The van der Waals surface area contributed by atoms with Crippen LogP contribution in [0.1, 0.15) is 0 Å². The predicted octanol–water partition coefficient (Wildman–Crippen LogP) is 12.8. The van der Waals surface area contributed by atoms with Crippen molar-refractivity contribution in [3.63, 3.8) is 0 Å². The summed E-state index contributed by atoms with van der Waals surface area (Å²) in [5.41, 5.74) is 13.5. The molecule has 1 aliphatic carbocycles. The van der Waals surface area contributed by atoms with Crippen LogP contribution in [0.15, 0.2) is 170 Å². The van der Waals surface area contributed by atoms with Crippen LogP contribution in [0.25, 0.3) is 110 Å². The number of aromatic nitrogens is 4. The van der Waals surface area contributed by atoms with Crippen LogP contribution in [-0.4, -0.2) is 19.9 Å². The average molecular weight is 693 g/mol. The van der Waals surface area contributed by atoms with Crippen LogP contribution >= 0.6 is 11.3 Å². The quantitative estimate of drug-likeness (QED) is 0.180. The van der Waals surface area contributed by atoms with E-state index in [4.69, 9.17) is 19.9 Å². The first-order chi connectivity index (χ1) is 26.3. The Kier molecular flexibility index (Phi) is 6.69. The molecule has 0 fully saturated rings. The van der Waals surface area contributed by atoms with E-state index in [0.717, 1.165) is 38.9 Å². The summed E-state index contributed by atoms with van der Waals surface area (Å²) in [4.78, 5) is 20.2. The van der Waals surface area contributed by atoms with Gasteiger partial charge in [0.2, 0.25) is 0 Å². The number of pyridine rings is 1. The fraction of sp³-hybridized carbons (Fsp3) is 0. The highest BCUT2D eigenvalue weighted by Crippen LogP contribution is 2.50. The predicted molar refractivity (Wildman–Crippen MR) is 220 cm³/mol. The van der Waals surface area contributed by atoms with Gasteiger partial charge in [-0.3, -0.25) is 4.98 Å². The fourth-order valence-corrected chi connectivity index (χ4v) is 9.09. The van der Waals surface area contributed by atoms with Gasteiger partial charge in [-0.05, 0) is 80.0 Å². The van der Waals surface area contributed by atoms with Crippen molar-refractivity contribution in [2.75, 3.05) is 0 Å². The Hall–Kier alpha value is -6.82. The summed E-state index contributed by atoms with van der Waals surface area (Å²) >= 11 is 1.79. The number of rotatable bonds is 5. The van der Waals surface area contributed by atoms with Crippen molar-refractivity contribution in [2.24, 2.45) is 0 Å². The van der Waals surface area contributed by atoms with Crippen molar-refractivity contribution in [1.82, 2.24) is 19.9 Å². The summed E-state index contributed by atoms with van der Waals surface area (Å²) in [6.45, 7) is 0. The Morgan fingerprint density at radius 1 is 0.358 bits per heavy atom. The molecule has 3 heterocycles. The van der Waals surface area contributed by atoms with Crippen LogP contribution in [-0.2, 0) is 0 Å². The normalized spacial score (nSPS) is 11.8. The third-order valence-corrected chi connectivity index (χ3v) is 11.5. The summed E-state index contributed by atoms with van der Waals surface area (Å²) in [6.07, 6.45) is 1.93. The van der Waals surface area contributed by atoms with E-state index >= 15 is 0 Å². The molecule has 10 aromatic rings. The number of hydrogen-bond donors (Lipinski definition) is 0. The van der Waals surface area contributed by atoms with E-state index in [1.54, 1.807) is 11.3 Å². The van der Waals surface area contributed by atoms with E-state index in [-0.39, 0.29) is 0 Å². The Morgan fingerprint density at radius 2 is 0.887 bits per heavy atom. The van der Waals surface area contributed by atoms with Crippen LogP contribution < -0.4 is 0 Å². The molecule has 7 aromatic carbocycles. The van der Waals surface area contributed by atoms with Gasteiger partial charge in [-0.15, -0.1) is 11.3 Å². The van der Waals surface area contributed by atoms with E-state index in [9.17, 15) is 0 Å². The molecule has 53 heavy (non-hydrogen) atoms. The third-order valence-electron chi connectivity index (χ3n) is 10.3. The van der Waals surface area contributed by atoms with Crippen LogP contribution in [0, 0.1) is 0 Å². The molecule has 0 atom stereocenters. The molecule has 246 valence electrons. The fourth-order valence-electron chi connectivity index (χ4n) is 7.90. The summed E-state index contributed by atoms with van der Waals surface area (Å²) < 4.78 is 2.39. The topological polar surface area (TPSA) is 51.6 Å². The van der Waals surface area contributed by atoms with Gasteiger partial charge in [0.15, 0.2) is 17.5 Å². The van der Waals surface area contributed by atoms with Crippen LogP contribution in [0.4, 0.5) is 0 Å². The molecule has 0 unspecified atom stereocenters. The van der Waals surface area contributed by atoms with Crippen LogP contribution in [0.5, 0.6) is 0 Å². The molecule has 0 radical (unpaired) electrons. The Balaban J connectivity index is 1.19. The lowest BCUT2D eigenvalue weighted by Gasteiger charge is -2.15. The number of hydrogen-bond acceptors (Lipinski definition) is 5. The second-order valence-electron chi connectivity index (χ2n) is 13.4. The van der Waals surface area contributed by atoms with E-state index in [1.807, 2.05) is 42.6 Å². The van der Waals surface area contributed by atoms with Crippen LogP contribution in [0.2, 0.25) is 0 Å². The Morgan fingerprint density at radius 3 is 1.60 bits per heavy atom. The minimum Gasteiger partial charge on any atom is -0.255 e. The monoisotopic (exact) mass is 692 g/mol. The third kappa shape index (κ3) is 4.82. The molecule has 0 N–H and O–H groups in total. The van der Waals surface area contributed by atoms with E-state index < -0.39 is 0 Å². The van der Waals surface area contributed by atoms with Gasteiger partial charge in [0.25, 0.3) is 0 Å². The zero-order valence-corrected chi connectivity index (χ0v) is 29.2. The molecule has 0 aliphatic heterocycles. The minimum atomic E-state index is 0.626. The Labute approximate surface area is 309 Å². The maximum Gasteiger partial charge on any atom is 0.164 e. The summed E-state index contributed by atoms with van der Waals surface area (Å²) in [5, 5.41) is 3.70. The number of nitrogens with zero attached hydrogens (tertiary/aromatic N) is 4. The standard InChI is InChI=1S/C48H28N4S/c1-3-12-29(13-4-1)46-50-47(30-14-5-2-6-15-30)52-48(51-46)33-27-31(26-32(28-33)35-24-25-49-44-41-18-9-10-21-42(41)53-45(35)44)34-22-23-40-37-17-8-7-16-36(37)39-20-11-19-38(34)43(39)40/h1-28H. The molecule has 0 amide bonds. The van der Waals surface area contributed by atoms with Gasteiger partial charge in [-0.1, -0.05) is 133 Å². The van der Waals surface area contributed by atoms with Gasteiger partial charge in [0, 0.05) is 38.5 Å². The molecular formula is C48H28N4S. The summed E-state index contributed by atoms with van der Waals surface area (Å²) in [6, 6.07) is 57.8. The van der Waals surface area contributed by atoms with Gasteiger partial charge in [0.05, 0.1) is 10.2 Å². The molecule has 3 aromatic heterocycles. The zero-order chi connectivity index (χ0) is 34.9. The van der Waals surface area contributed by atoms with Gasteiger partial charge in [0.1, 0.15) is 0 Å². The summed E-state index contributed by atoms with van der Waals surface area (Å²) in [5.74, 6) is 1.90. The Bertz CT molecular complexity index is 2970. The highest BCUT2D eigenvalue weighted by Gasteiger charge is 2.23. The number of fused-ring (bicyclic) bond motifs is 6. The van der Waals surface area contributed by atoms with Gasteiger partial charge >= 0.3 is 0 Å². The molecule has 0 saturated heterocycles. The lowest BCUT2D eigenvalue weighted by atomic mass is 9.91. The zero-order valence-electron chi connectivity index (χ0n) is 28.4. The molecule has 5 heteroatoms. The van der Waals surface area contributed by atoms with E-state index in [2.05, 4.69) is 127 Å². The van der Waals surface area contributed by atoms with E-state index in [1.165, 1.54) is 53.4 Å². The molecule has 1 aliphatic rings. The first-order valence-corrected chi connectivity index (χ1v) is 18.5. The largest absolute Gasteiger partial charge is 0.255 e. The molecule has 0 bridgehead atoms. The molecule has 0 saturated carbocycles. The molecule has 0 spiro atoms. The van der Waals surface area contributed by atoms with Crippen molar-refractivity contribution >= 4 is 42.4 Å². The summed E-state index contributed by atoms with van der Waals surface area (Å²) in [7, 11) is 0. The van der Waals surface area contributed by atoms with Crippen molar-refractivity contribution in [1.29, 1.82) is 0 Å². The first-order valence-electron chi connectivity index (χ1n) is 17.7. The maximum absolute atomic E-state index is 5.16. The van der Waals surface area contributed by atoms with Gasteiger partial charge in [-0.2, -0.15) is 0 Å². The van der Waals surface area contributed by atoms with Crippen molar-refractivity contribution < 1.29 is 0 Å². The smallest absolute Gasteiger partial charge is 0.164 e. The number of benzene rings is 7. The van der Waals surface area contributed by atoms with E-state index in [0.29, 0.717) is 17.5 Å². The maximum atomic E-state index is 5.16. The second kappa shape index (κ2) is 11.9. The van der Waals surface area contributed by atoms with Crippen LogP contribution in [0.3, 0.4) is 0 Å². The molecular weight excluding hydrogens is 665 g/mol. The van der Waals surface area contributed by atoms with Gasteiger partial charge < -0.3 is 0 Å².